The molecular formula is C34H39F3O9S2. The molecule has 14 heteroatoms. The second-order valence-electron chi connectivity index (χ2n) is 11.7. The number of benzene rings is 3. The molecule has 3 aliphatic heterocycles. The van der Waals surface area contributed by atoms with Gasteiger partial charge in [0.15, 0.2) is 18.9 Å². The Hall–Kier alpha value is -3.01. The molecule has 3 heterocycles. The van der Waals surface area contributed by atoms with Crippen LogP contribution in [0.2, 0.25) is 0 Å². The van der Waals surface area contributed by atoms with Crippen LogP contribution >= 0.6 is 10.3 Å². The summed E-state index contributed by atoms with van der Waals surface area (Å²) in [5.74, 6) is 0.862. The lowest BCUT2D eigenvalue weighted by Crippen LogP contribution is -2.28. The molecule has 6 rings (SSSR count). The zero-order valence-electron chi connectivity index (χ0n) is 26.3. The summed E-state index contributed by atoms with van der Waals surface area (Å²) in [5.41, 5.74) is -5.72. The van der Waals surface area contributed by atoms with E-state index in [1.807, 2.05) is 0 Å². The van der Waals surface area contributed by atoms with Gasteiger partial charge in [-0.15, -0.1) is 0 Å². The molecule has 0 amide bonds. The van der Waals surface area contributed by atoms with E-state index in [2.05, 4.69) is 0 Å². The molecular weight excluding hydrogens is 673 g/mol. The highest BCUT2D eigenvalue weighted by molar-refractivity contribution is 8.33. The van der Waals surface area contributed by atoms with Gasteiger partial charge in [-0.05, 0) is 103 Å². The van der Waals surface area contributed by atoms with Crippen molar-refractivity contribution in [3.05, 3.63) is 72.8 Å². The van der Waals surface area contributed by atoms with Crippen molar-refractivity contribution in [2.24, 2.45) is 0 Å². The van der Waals surface area contributed by atoms with Gasteiger partial charge in [-0.3, -0.25) is 0 Å². The van der Waals surface area contributed by atoms with Crippen LogP contribution in [0, 0.1) is 0 Å². The highest BCUT2D eigenvalue weighted by Crippen LogP contribution is 2.71. The van der Waals surface area contributed by atoms with E-state index in [0.717, 1.165) is 38.5 Å². The number of rotatable bonds is 11. The van der Waals surface area contributed by atoms with Gasteiger partial charge in [-0.25, -0.2) is 0 Å². The van der Waals surface area contributed by atoms with Crippen molar-refractivity contribution in [2.75, 3.05) is 19.8 Å². The largest absolute Gasteiger partial charge is 0.524 e. The van der Waals surface area contributed by atoms with Crippen LogP contribution < -0.4 is 14.2 Å². The minimum atomic E-state index is -6.18. The van der Waals surface area contributed by atoms with Gasteiger partial charge in [0.2, 0.25) is 0 Å². The number of hydrogen-bond donors (Lipinski definition) is 0. The van der Waals surface area contributed by atoms with Gasteiger partial charge in [-0.1, -0.05) is 18.2 Å². The predicted molar refractivity (Wildman–Crippen MR) is 170 cm³/mol. The Morgan fingerprint density at radius 2 is 0.917 bits per heavy atom. The molecule has 3 unspecified atom stereocenters. The van der Waals surface area contributed by atoms with Crippen molar-refractivity contribution in [1.82, 2.24) is 0 Å². The topological polar surface area (TPSA) is 98.8 Å². The van der Waals surface area contributed by atoms with Crippen LogP contribution in [0.25, 0.3) is 0 Å². The Balaban J connectivity index is 1.51. The minimum absolute atomic E-state index is 0.140. The standard InChI is InChI=1S/C34H39F3O9S2/c35-34(36,37)48(38,39)46-47(28-13-7-10-25(22-28)43-31-16-1-4-19-40-31,29-14-8-11-26(23-29)44-32-17-2-5-20-41-32)30-15-9-12-27(24-30)45-33-18-3-6-21-42-33/h7-15,22-24,31-33H,1-6,16-21H2. The summed E-state index contributed by atoms with van der Waals surface area (Å²) in [6.07, 6.45) is 5.57. The smallest absolute Gasteiger partial charge is 0.465 e. The molecule has 48 heavy (non-hydrogen) atoms. The van der Waals surface area contributed by atoms with Crippen LogP contribution in [0.3, 0.4) is 0 Å². The molecule has 3 aromatic rings. The molecule has 0 spiro atoms. The van der Waals surface area contributed by atoms with E-state index in [1.165, 1.54) is 36.4 Å². The summed E-state index contributed by atoms with van der Waals surface area (Å²) < 4.78 is 110. The van der Waals surface area contributed by atoms with Crippen molar-refractivity contribution >= 4 is 20.4 Å². The Bertz CT molecular complexity index is 1460. The SMILES string of the molecule is O=S(=O)(OS(c1cccc(OC2CCCCO2)c1)(c1cccc(OC2CCCCO2)c1)c1cccc(OC2CCCCO2)c1)C(F)(F)F. The molecule has 3 aliphatic rings. The van der Waals surface area contributed by atoms with Crippen LogP contribution in [0.5, 0.6) is 17.2 Å². The Kier molecular flexibility index (Phi) is 11.1. The molecule has 3 atom stereocenters. The van der Waals surface area contributed by atoms with Gasteiger partial charge in [0.25, 0.3) is 0 Å². The third-order valence-electron chi connectivity index (χ3n) is 8.10. The van der Waals surface area contributed by atoms with E-state index in [4.69, 9.17) is 32.1 Å². The number of halogens is 3. The summed E-state index contributed by atoms with van der Waals surface area (Å²) in [6.45, 7) is 1.55. The van der Waals surface area contributed by atoms with Crippen LogP contribution in [-0.2, 0) is 28.0 Å². The molecule has 262 valence electrons. The van der Waals surface area contributed by atoms with Crippen molar-refractivity contribution < 1.29 is 53.6 Å². The average Bonchev–Trinajstić information content (AvgIpc) is 3.08. The average molecular weight is 713 g/mol. The maximum Gasteiger partial charge on any atom is 0.524 e. The summed E-state index contributed by atoms with van der Waals surface area (Å²) in [4.78, 5) is 0.419. The fourth-order valence-electron chi connectivity index (χ4n) is 5.75. The van der Waals surface area contributed by atoms with E-state index in [0.29, 0.717) is 39.1 Å². The van der Waals surface area contributed by atoms with Gasteiger partial charge in [0.05, 0.1) is 19.8 Å². The first kappa shape index (κ1) is 34.8. The Morgan fingerprint density at radius 1 is 0.562 bits per heavy atom. The maximum atomic E-state index is 14.3. The van der Waals surface area contributed by atoms with Crippen LogP contribution in [-0.4, -0.2) is 52.6 Å². The molecule has 0 N–H and O–H groups in total. The third kappa shape index (κ3) is 8.23. The second-order valence-corrected chi connectivity index (χ2v) is 16.1. The minimum Gasteiger partial charge on any atom is -0.465 e. The highest BCUT2D eigenvalue weighted by Gasteiger charge is 2.53. The lowest BCUT2D eigenvalue weighted by molar-refractivity contribution is -0.106. The maximum absolute atomic E-state index is 14.3. The van der Waals surface area contributed by atoms with Gasteiger partial charge in [-0.2, -0.15) is 25.2 Å². The zero-order valence-corrected chi connectivity index (χ0v) is 27.9. The van der Waals surface area contributed by atoms with E-state index in [1.54, 1.807) is 36.4 Å². The fraction of sp³-hybridized carbons (Fsp3) is 0.471. The first-order chi connectivity index (χ1) is 23.1. The summed E-state index contributed by atoms with van der Waals surface area (Å²) in [7, 11) is -9.91. The van der Waals surface area contributed by atoms with Crippen molar-refractivity contribution in [2.45, 2.75) is 96.9 Å². The molecule has 0 saturated carbocycles. The molecule has 0 bridgehead atoms. The monoisotopic (exact) mass is 712 g/mol. The van der Waals surface area contributed by atoms with E-state index in [-0.39, 0.29) is 31.9 Å². The van der Waals surface area contributed by atoms with Crippen molar-refractivity contribution in [3.63, 3.8) is 0 Å². The summed E-state index contributed by atoms with van der Waals surface area (Å²) in [5, 5.41) is 0. The molecule has 0 aliphatic carbocycles. The lowest BCUT2D eigenvalue weighted by atomic mass is 10.2. The third-order valence-corrected chi connectivity index (χ3v) is 13.0. The highest BCUT2D eigenvalue weighted by atomic mass is 32.3. The van der Waals surface area contributed by atoms with Gasteiger partial charge in [0, 0.05) is 33.9 Å². The van der Waals surface area contributed by atoms with E-state index < -0.39 is 44.8 Å². The van der Waals surface area contributed by atoms with Crippen LogP contribution in [0.15, 0.2) is 87.5 Å². The quantitative estimate of drug-likeness (QED) is 0.181. The van der Waals surface area contributed by atoms with Crippen LogP contribution in [0.1, 0.15) is 57.8 Å². The first-order valence-electron chi connectivity index (χ1n) is 16.1. The van der Waals surface area contributed by atoms with Gasteiger partial charge >= 0.3 is 15.6 Å². The zero-order chi connectivity index (χ0) is 33.6. The Morgan fingerprint density at radius 3 is 1.21 bits per heavy atom. The van der Waals surface area contributed by atoms with E-state index >= 15 is 0 Å². The lowest BCUT2D eigenvalue weighted by Gasteiger charge is -2.40. The molecule has 0 aromatic heterocycles. The first-order valence-corrected chi connectivity index (χ1v) is 19.1. The van der Waals surface area contributed by atoms with Crippen molar-refractivity contribution in [3.8, 4) is 17.2 Å². The fourth-order valence-corrected chi connectivity index (χ4v) is 10.5. The summed E-state index contributed by atoms with van der Waals surface area (Å²) in [6, 6.07) is 18.8. The normalized spacial score (nSPS) is 24.2. The Labute approximate surface area is 280 Å². The van der Waals surface area contributed by atoms with Crippen LogP contribution in [0.4, 0.5) is 13.2 Å². The molecule has 3 aromatic carbocycles. The van der Waals surface area contributed by atoms with Crippen molar-refractivity contribution in [1.29, 1.82) is 0 Å². The van der Waals surface area contributed by atoms with E-state index in [9.17, 15) is 21.6 Å². The number of hydrogen-bond acceptors (Lipinski definition) is 9. The number of alkyl halides is 3. The second kappa shape index (κ2) is 15.3. The molecule has 3 fully saturated rings. The molecule has 9 nitrogen and oxygen atoms in total. The number of ether oxygens (including phenoxy) is 6. The molecule has 0 radical (unpaired) electrons. The van der Waals surface area contributed by atoms with Gasteiger partial charge < -0.3 is 28.4 Å². The summed E-state index contributed by atoms with van der Waals surface area (Å²) >= 11 is 0. The van der Waals surface area contributed by atoms with Gasteiger partial charge in [0.1, 0.15) is 17.2 Å². The predicted octanol–water partition coefficient (Wildman–Crippen LogP) is 8.47. The molecule has 3 saturated heterocycles.